The monoisotopic (exact) mass is 558 g/mol. The average molecular weight is 559 g/mol. The van der Waals surface area contributed by atoms with Gasteiger partial charge >= 0.3 is 0 Å². The number of anilines is 1. The van der Waals surface area contributed by atoms with Crippen LogP contribution in [0.25, 0.3) is 0 Å². The molecule has 4 atom stereocenters. The van der Waals surface area contributed by atoms with Crippen LogP contribution in [0.2, 0.25) is 5.02 Å². The van der Waals surface area contributed by atoms with Gasteiger partial charge in [0.2, 0.25) is 5.91 Å². The Morgan fingerprint density at radius 1 is 1.25 bits per heavy atom. The van der Waals surface area contributed by atoms with E-state index in [-0.39, 0.29) is 35.7 Å². The van der Waals surface area contributed by atoms with Crippen LogP contribution in [0.5, 0.6) is 0 Å². The fourth-order valence-corrected chi connectivity index (χ4v) is 6.26. The Balaban J connectivity index is 1.16. The van der Waals surface area contributed by atoms with E-state index in [0.717, 1.165) is 29.7 Å². The minimum absolute atomic E-state index is 0.0519. The number of pyridine rings is 1. The number of aromatic nitrogens is 3. The summed E-state index contributed by atoms with van der Waals surface area (Å²) in [7, 11) is 0. The van der Waals surface area contributed by atoms with Crippen molar-refractivity contribution >= 4 is 29.2 Å². The molecule has 1 aliphatic heterocycles. The summed E-state index contributed by atoms with van der Waals surface area (Å²) in [5.41, 5.74) is 4.05. The first-order chi connectivity index (χ1) is 19.1. The number of nitrogens with one attached hydrogen (secondary N) is 1. The number of carbonyl (C=O) groups excluding carboxylic acids is 2. The van der Waals surface area contributed by atoms with E-state index < -0.39 is 6.10 Å². The van der Waals surface area contributed by atoms with Gasteiger partial charge in [-0.1, -0.05) is 11.6 Å². The summed E-state index contributed by atoms with van der Waals surface area (Å²) in [6.07, 6.45) is 4.92. The van der Waals surface area contributed by atoms with Crippen molar-refractivity contribution in [3.05, 3.63) is 75.2 Å². The summed E-state index contributed by atoms with van der Waals surface area (Å²) in [6, 6.07) is 9.12. The van der Waals surface area contributed by atoms with Crippen LogP contribution >= 0.6 is 11.6 Å². The Morgan fingerprint density at radius 3 is 2.67 bits per heavy atom. The molecule has 2 aromatic heterocycles. The number of benzene rings is 1. The van der Waals surface area contributed by atoms with Crippen LogP contribution in [0.3, 0.4) is 0 Å². The maximum absolute atomic E-state index is 13.3. The van der Waals surface area contributed by atoms with E-state index in [2.05, 4.69) is 21.5 Å². The molecule has 2 N–H and O–H groups in total. The lowest BCUT2D eigenvalue weighted by Crippen LogP contribution is -2.43. The highest BCUT2D eigenvalue weighted by Gasteiger charge is 2.52. The largest absolute Gasteiger partial charge is 0.387 e. The molecule has 3 aliphatic rings. The number of halogens is 1. The van der Waals surface area contributed by atoms with Crippen molar-refractivity contribution in [2.45, 2.75) is 64.1 Å². The number of hydrogen-bond donors (Lipinski definition) is 2. The lowest BCUT2D eigenvalue weighted by atomic mass is 9.74. The smallest absolute Gasteiger partial charge is 0.255 e. The highest BCUT2D eigenvalue weighted by molar-refractivity contribution is 6.30. The summed E-state index contributed by atoms with van der Waals surface area (Å²) in [5, 5.41) is 28.1. The lowest BCUT2D eigenvalue weighted by molar-refractivity contribution is -0.118. The molecule has 6 rings (SSSR count). The van der Waals surface area contributed by atoms with E-state index in [9.17, 15) is 20.0 Å². The zero-order chi connectivity index (χ0) is 28.3. The lowest BCUT2D eigenvalue weighted by Gasteiger charge is -2.36. The highest BCUT2D eigenvalue weighted by Crippen LogP contribution is 2.47. The van der Waals surface area contributed by atoms with Crippen LogP contribution < -0.4 is 10.2 Å². The molecule has 40 heavy (non-hydrogen) atoms. The summed E-state index contributed by atoms with van der Waals surface area (Å²) in [6.45, 7) is 6.28. The molecular weight excluding hydrogens is 528 g/mol. The van der Waals surface area contributed by atoms with Crippen molar-refractivity contribution in [2.75, 3.05) is 11.4 Å². The predicted molar refractivity (Wildman–Crippen MR) is 149 cm³/mol. The van der Waals surface area contributed by atoms with Crippen molar-refractivity contribution in [3.8, 4) is 6.07 Å². The van der Waals surface area contributed by atoms with E-state index >= 15 is 0 Å². The Labute approximate surface area is 237 Å². The molecule has 0 bridgehead atoms. The van der Waals surface area contributed by atoms with Crippen LogP contribution in [0, 0.1) is 30.1 Å². The molecule has 3 fully saturated rings. The van der Waals surface area contributed by atoms with Gasteiger partial charge in [0.1, 0.15) is 11.5 Å². The van der Waals surface area contributed by atoms with E-state index in [4.69, 9.17) is 11.6 Å². The summed E-state index contributed by atoms with van der Waals surface area (Å²) in [5.74, 6) is 1.34. The Morgan fingerprint density at radius 2 is 2.02 bits per heavy atom. The third kappa shape index (κ3) is 4.65. The van der Waals surface area contributed by atoms with Crippen LogP contribution in [-0.2, 0) is 4.79 Å². The van der Waals surface area contributed by atoms with Crippen LogP contribution in [-0.4, -0.2) is 44.3 Å². The van der Waals surface area contributed by atoms with Crippen LogP contribution in [0.1, 0.15) is 89.5 Å². The molecular formula is C30H31ClN6O3. The predicted octanol–water partition coefficient (Wildman–Crippen LogP) is 4.43. The second-order valence-corrected chi connectivity index (χ2v) is 11.8. The number of aryl methyl sites for hydroxylation is 1. The number of nitriles is 1. The quantitative estimate of drug-likeness (QED) is 0.442. The van der Waals surface area contributed by atoms with Gasteiger partial charge < -0.3 is 10.4 Å². The van der Waals surface area contributed by atoms with Gasteiger partial charge in [0.15, 0.2) is 0 Å². The maximum Gasteiger partial charge on any atom is 0.255 e. The van der Waals surface area contributed by atoms with E-state index in [0.29, 0.717) is 46.4 Å². The number of aliphatic hydroxyl groups excluding tert-OH is 1. The number of carbonyl (C=O) groups is 2. The first-order valence-electron chi connectivity index (χ1n) is 13.7. The summed E-state index contributed by atoms with van der Waals surface area (Å²) < 4.78 is 1.69. The normalized spacial score (nSPS) is 24.6. The number of piperidine rings is 1. The molecule has 1 saturated heterocycles. The van der Waals surface area contributed by atoms with Crippen molar-refractivity contribution in [1.29, 1.82) is 5.26 Å². The minimum Gasteiger partial charge on any atom is -0.387 e. The molecule has 206 valence electrons. The van der Waals surface area contributed by atoms with Gasteiger partial charge in [0.05, 0.1) is 29.3 Å². The number of hydrogen-bond acceptors (Lipinski definition) is 6. The van der Waals surface area contributed by atoms with Crippen molar-refractivity contribution in [3.63, 3.8) is 0 Å². The zero-order valence-electron chi connectivity index (χ0n) is 22.6. The van der Waals surface area contributed by atoms with Gasteiger partial charge in [-0.15, -0.1) is 0 Å². The zero-order valence-corrected chi connectivity index (χ0v) is 23.4. The molecule has 9 nitrogen and oxygen atoms in total. The molecule has 0 radical (unpaired) electrons. The Hall–Kier alpha value is -3.74. The van der Waals surface area contributed by atoms with Gasteiger partial charge in [0.25, 0.3) is 5.91 Å². The molecule has 3 aromatic rings. The third-order valence-corrected chi connectivity index (χ3v) is 8.87. The number of nitrogens with zero attached hydrogens (tertiary/aromatic N) is 5. The second-order valence-electron chi connectivity index (χ2n) is 11.4. The first kappa shape index (κ1) is 26.5. The molecule has 2 saturated carbocycles. The molecule has 0 unspecified atom stereocenters. The number of rotatable bonds is 7. The van der Waals surface area contributed by atoms with E-state index in [1.165, 1.54) is 0 Å². The summed E-state index contributed by atoms with van der Waals surface area (Å²) in [4.78, 5) is 32.1. The average Bonchev–Trinajstić information content (AvgIpc) is 3.40. The highest BCUT2D eigenvalue weighted by atomic mass is 35.5. The van der Waals surface area contributed by atoms with Crippen molar-refractivity contribution < 1.29 is 14.7 Å². The van der Waals surface area contributed by atoms with Crippen LogP contribution in [0.4, 0.5) is 5.82 Å². The number of aliphatic hydroxyl groups is 1. The molecule has 2 amide bonds. The topological polar surface area (TPSA) is 124 Å². The van der Waals surface area contributed by atoms with Gasteiger partial charge in [-0.2, -0.15) is 10.4 Å². The minimum atomic E-state index is -0.929. The Bertz CT molecular complexity index is 1550. The Kier molecular flexibility index (Phi) is 6.64. The standard InChI is InChI=1S/C30H31ClN6O3/c1-15-6-27(36-13-20-9-24(20)30(36)40)33-12-25(15)16(2)37-14-26(28(35-37)17(3)38)29(39)34-22-7-19(8-22)23-10-21(31)5-4-18(23)11-32/h4-6,10,12,14,16-17,19-20,22,24,38H,7-9,13H2,1-3H3,(H,34,39)/t16-,17+,19?,20-,22?,24-/m1/s1. The first-order valence-corrected chi connectivity index (χ1v) is 14.1. The number of amides is 2. The SMILES string of the molecule is Cc1cc(N2C[C@H]3C[C@H]3C2=O)ncc1[C@@H](C)n1cc(C(=O)NC2CC(c3cc(Cl)ccc3C#N)C2)c([C@H](C)O)n1. The fraction of sp³-hybridized carbons (Fsp3) is 0.433. The molecule has 3 heterocycles. The fourth-order valence-electron chi connectivity index (χ4n) is 6.08. The van der Waals surface area contributed by atoms with Gasteiger partial charge in [-0.05, 0) is 92.8 Å². The van der Waals surface area contributed by atoms with Gasteiger partial charge in [-0.3, -0.25) is 19.2 Å². The molecule has 10 heteroatoms. The molecule has 1 aromatic carbocycles. The van der Waals surface area contributed by atoms with Gasteiger partial charge in [-0.25, -0.2) is 4.98 Å². The second kappa shape index (κ2) is 10.0. The summed E-state index contributed by atoms with van der Waals surface area (Å²) >= 11 is 6.15. The van der Waals surface area contributed by atoms with Crippen molar-refractivity contribution in [1.82, 2.24) is 20.1 Å². The van der Waals surface area contributed by atoms with Crippen molar-refractivity contribution in [2.24, 2.45) is 11.8 Å². The maximum atomic E-state index is 13.3. The van der Waals surface area contributed by atoms with Crippen LogP contribution in [0.15, 0.2) is 36.7 Å². The van der Waals surface area contributed by atoms with E-state index in [1.54, 1.807) is 41.0 Å². The number of fused-ring (bicyclic) bond motifs is 1. The van der Waals surface area contributed by atoms with Gasteiger partial charge in [0, 0.05) is 35.9 Å². The molecule has 0 spiro atoms. The van der Waals surface area contributed by atoms with E-state index in [1.807, 2.05) is 26.0 Å². The molecule has 2 aliphatic carbocycles. The third-order valence-electron chi connectivity index (χ3n) is 8.63.